The van der Waals surface area contributed by atoms with Gasteiger partial charge in [0.15, 0.2) is 0 Å². The number of para-hydroxylation sites is 1. The molecule has 2 heterocycles. The molecule has 0 bridgehead atoms. The highest BCUT2D eigenvalue weighted by Crippen LogP contribution is 2.35. The summed E-state index contributed by atoms with van der Waals surface area (Å²) in [5, 5.41) is 19.7. The topological polar surface area (TPSA) is 60.2 Å². The van der Waals surface area contributed by atoms with Crippen LogP contribution in [0.25, 0.3) is 15.8 Å². The number of amidine groups is 1. The van der Waals surface area contributed by atoms with E-state index in [-0.39, 0.29) is 0 Å². The van der Waals surface area contributed by atoms with Crippen molar-refractivity contribution in [2.24, 2.45) is 0 Å². The molecule has 0 amide bonds. The summed E-state index contributed by atoms with van der Waals surface area (Å²) in [6.07, 6.45) is 6.00. The van der Waals surface area contributed by atoms with Crippen molar-refractivity contribution in [2.75, 3.05) is 6.54 Å². The van der Waals surface area contributed by atoms with E-state index in [2.05, 4.69) is 9.88 Å². The molecule has 1 aliphatic carbocycles. The highest BCUT2D eigenvalue weighted by Gasteiger charge is 2.34. The number of aliphatic hydroxyl groups excluding tert-OH is 1. The van der Waals surface area contributed by atoms with Crippen LogP contribution < -0.4 is 0 Å². The lowest BCUT2D eigenvalue weighted by Crippen LogP contribution is -2.38. The van der Waals surface area contributed by atoms with Crippen LogP contribution in [0.4, 0.5) is 0 Å². The van der Waals surface area contributed by atoms with Crippen molar-refractivity contribution >= 4 is 33.0 Å². The van der Waals surface area contributed by atoms with E-state index >= 15 is 0 Å². The number of nitrogens with zero attached hydrogens (tertiary/aromatic N) is 2. The zero-order valence-corrected chi connectivity index (χ0v) is 13.2. The second-order valence-electron chi connectivity index (χ2n) is 6.08. The average Bonchev–Trinajstić information content (AvgIpc) is 3.08. The molecule has 5 heteroatoms. The SMILES string of the molecule is N=C1C(c2nc3ccccc3s2)=C(O)CN1C1CCCCC1. The Balaban J connectivity index is 1.66. The Bertz CT molecular complexity index is 725. The summed E-state index contributed by atoms with van der Waals surface area (Å²) in [5.41, 5.74) is 1.57. The van der Waals surface area contributed by atoms with Crippen molar-refractivity contribution in [3.63, 3.8) is 0 Å². The first kappa shape index (κ1) is 13.8. The van der Waals surface area contributed by atoms with Gasteiger partial charge in [-0.25, -0.2) is 4.98 Å². The second-order valence-corrected chi connectivity index (χ2v) is 7.11. The third kappa shape index (κ3) is 2.20. The van der Waals surface area contributed by atoms with Gasteiger partial charge in [0, 0.05) is 6.04 Å². The molecule has 0 saturated heterocycles. The average molecular weight is 313 g/mol. The maximum absolute atomic E-state index is 10.4. The lowest BCUT2D eigenvalue weighted by molar-refractivity contribution is 0.241. The number of aliphatic hydroxyl groups is 1. The fourth-order valence-corrected chi connectivity index (χ4v) is 4.54. The van der Waals surface area contributed by atoms with Crippen LogP contribution in [0.15, 0.2) is 30.0 Å². The molecular formula is C17H19N3OS. The van der Waals surface area contributed by atoms with Gasteiger partial charge in [-0.3, -0.25) is 5.41 Å². The van der Waals surface area contributed by atoms with Crippen LogP contribution in [0.2, 0.25) is 0 Å². The van der Waals surface area contributed by atoms with E-state index in [1.165, 1.54) is 19.3 Å². The third-order valence-corrected chi connectivity index (χ3v) is 5.71. The first-order chi connectivity index (χ1) is 10.7. The van der Waals surface area contributed by atoms with E-state index in [0.29, 0.717) is 29.8 Å². The molecule has 1 aromatic carbocycles. The van der Waals surface area contributed by atoms with Crippen molar-refractivity contribution in [1.29, 1.82) is 5.41 Å². The number of thiazole rings is 1. The maximum atomic E-state index is 10.4. The smallest absolute Gasteiger partial charge is 0.135 e. The number of hydrogen-bond acceptors (Lipinski definition) is 4. The minimum absolute atomic E-state index is 0.301. The largest absolute Gasteiger partial charge is 0.510 e. The molecule has 114 valence electrons. The molecule has 1 saturated carbocycles. The minimum Gasteiger partial charge on any atom is -0.510 e. The van der Waals surface area contributed by atoms with Gasteiger partial charge in [0.1, 0.15) is 16.6 Å². The highest BCUT2D eigenvalue weighted by atomic mass is 32.1. The van der Waals surface area contributed by atoms with Crippen LogP contribution in [0.1, 0.15) is 37.1 Å². The lowest BCUT2D eigenvalue weighted by Gasteiger charge is -2.32. The summed E-state index contributed by atoms with van der Waals surface area (Å²) in [6, 6.07) is 8.37. The Morgan fingerprint density at radius 3 is 2.73 bits per heavy atom. The number of hydrogen-bond donors (Lipinski definition) is 2. The summed E-state index contributed by atoms with van der Waals surface area (Å²) in [4.78, 5) is 6.67. The van der Waals surface area contributed by atoms with Crippen molar-refractivity contribution in [3.8, 4) is 0 Å². The number of nitrogens with one attached hydrogen (secondary N) is 1. The third-order valence-electron chi connectivity index (χ3n) is 4.66. The molecule has 2 N–H and O–H groups in total. The molecule has 2 aliphatic rings. The van der Waals surface area contributed by atoms with Crippen LogP contribution >= 0.6 is 11.3 Å². The van der Waals surface area contributed by atoms with Crippen molar-refractivity contribution in [2.45, 2.75) is 38.1 Å². The van der Waals surface area contributed by atoms with Gasteiger partial charge in [-0.1, -0.05) is 31.4 Å². The van der Waals surface area contributed by atoms with Crippen molar-refractivity contribution in [1.82, 2.24) is 9.88 Å². The molecule has 0 atom stereocenters. The molecule has 4 rings (SSSR count). The predicted molar refractivity (Wildman–Crippen MR) is 90.5 cm³/mol. The standard InChI is InChI=1S/C17H19N3OS/c18-16-15(17-19-12-8-4-5-9-14(12)22-17)13(21)10-20(16)11-6-2-1-3-7-11/h4-5,8-9,11,18,21H,1-3,6-7,10H2. The first-order valence-corrected chi connectivity index (χ1v) is 8.69. The predicted octanol–water partition coefficient (Wildman–Crippen LogP) is 4.19. The van der Waals surface area contributed by atoms with Crippen LogP contribution in [0.3, 0.4) is 0 Å². The molecule has 0 radical (unpaired) electrons. The van der Waals surface area contributed by atoms with E-state index in [1.807, 2.05) is 24.3 Å². The van der Waals surface area contributed by atoms with E-state index in [4.69, 9.17) is 5.41 Å². The summed E-state index contributed by atoms with van der Waals surface area (Å²) < 4.78 is 1.10. The second kappa shape index (κ2) is 5.39. The molecule has 1 fully saturated rings. The lowest BCUT2D eigenvalue weighted by atomic mass is 9.94. The molecule has 2 aromatic rings. The van der Waals surface area contributed by atoms with Gasteiger partial charge in [-0.2, -0.15) is 0 Å². The van der Waals surface area contributed by atoms with Crippen LogP contribution in [-0.2, 0) is 0 Å². The van der Waals surface area contributed by atoms with Gasteiger partial charge in [0.2, 0.25) is 0 Å². The van der Waals surface area contributed by atoms with Crippen molar-refractivity contribution < 1.29 is 5.11 Å². The molecule has 0 unspecified atom stereocenters. The quantitative estimate of drug-likeness (QED) is 0.874. The highest BCUT2D eigenvalue weighted by molar-refractivity contribution is 7.19. The monoisotopic (exact) mass is 313 g/mol. The van der Waals surface area contributed by atoms with Crippen LogP contribution in [0.5, 0.6) is 0 Å². The van der Waals surface area contributed by atoms with E-state index in [9.17, 15) is 5.11 Å². The number of rotatable bonds is 2. The minimum atomic E-state index is 0.301. The van der Waals surface area contributed by atoms with Crippen molar-refractivity contribution in [3.05, 3.63) is 35.0 Å². The van der Waals surface area contributed by atoms with Crippen LogP contribution in [0, 0.1) is 5.41 Å². The number of aromatic nitrogens is 1. The first-order valence-electron chi connectivity index (χ1n) is 7.87. The summed E-state index contributed by atoms with van der Waals surface area (Å²) in [5.74, 6) is 0.748. The molecule has 4 nitrogen and oxygen atoms in total. The van der Waals surface area contributed by atoms with Gasteiger partial charge in [-0.05, 0) is 25.0 Å². The Kier molecular flexibility index (Phi) is 3.37. The Morgan fingerprint density at radius 1 is 1.18 bits per heavy atom. The van der Waals surface area contributed by atoms with E-state index < -0.39 is 0 Å². The maximum Gasteiger partial charge on any atom is 0.135 e. The normalized spacial score (nSPS) is 20.4. The Labute approximate surface area is 133 Å². The molecule has 1 aliphatic heterocycles. The number of fused-ring (bicyclic) bond motifs is 1. The fraction of sp³-hybridized carbons (Fsp3) is 0.412. The zero-order chi connectivity index (χ0) is 15.1. The van der Waals surface area contributed by atoms with Gasteiger partial charge in [0.25, 0.3) is 0 Å². The molecular weight excluding hydrogens is 294 g/mol. The van der Waals surface area contributed by atoms with Gasteiger partial charge >= 0.3 is 0 Å². The Hall–Kier alpha value is -1.88. The molecule has 1 aromatic heterocycles. The van der Waals surface area contributed by atoms with Gasteiger partial charge in [0.05, 0.1) is 22.3 Å². The van der Waals surface area contributed by atoms with Gasteiger partial charge < -0.3 is 10.0 Å². The zero-order valence-electron chi connectivity index (χ0n) is 12.4. The van der Waals surface area contributed by atoms with E-state index in [1.54, 1.807) is 11.3 Å². The number of benzene rings is 1. The summed E-state index contributed by atoms with van der Waals surface area (Å²) in [7, 11) is 0. The Morgan fingerprint density at radius 2 is 1.95 bits per heavy atom. The molecule has 0 spiro atoms. The molecule has 22 heavy (non-hydrogen) atoms. The summed E-state index contributed by atoms with van der Waals surface area (Å²) in [6.45, 7) is 0.467. The van der Waals surface area contributed by atoms with Crippen LogP contribution in [-0.4, -0.2) is 33.4 Å². The fourth-order valence-electron chi connectivity index (χ4n) is 3.51. The summed E-state index contributed by atoms with van der Waals surface area (Å²) >= 11 is 1.55. The van der Waals surface area contributed by atoms with E-state index in [0.717, 1.165) is 28.1 Å². The van der Waals surface area contributed by atoms with Gasteiger partial charge in [-0.15, -0.1) is 11.3 Å².